The van der Waals surface area contributed by atoms with E-state index in [0.717, 1.165) is 12.8 Å². The second-order valence-corrected chi connectivity index (χ2v) is 7.79. The fraction of sp³-hybridized carbons (Fsp3) is 0.786. The van der Waals surface area contributed by atoms with Crippen LogP contribution in [0.15, 0.2) is 4.90 Å². The molecule has 1 saturated heterocycles. The third-order valence-electron chi connectivity index (χ3n) is 4.06. The Kier molecular flexibility index (Phi) is 5.06. The third-order valence-corrected chi connectivity index (χ3v) is 6.18. The van der Waals surface area contributed by atoms with Crippen LogP contribution in [0.1, 0.15) is 37.6 Å². The molecule has 1 aliphatic rings. The van der Waals surface area contributed by atoms with Crippen molar-refractivity contribution >= 4 is 10.0 Å². The molecule has 0 aliphatic carbocycles. The highest BCUT2D eigenvalue weighted by Crippen LogP contribution is 2.27. The molecule has 1 aromatic rings. The number of aliphatic hydroxyl groups excluding tert-OH is 1. The van der Waals surface area contributed by atoms with Crippen molar-refractivity contribution in [1.29, 1.82) is 0 Å². The summed E-state index contributed by atoms with van der Waals surface area (Å²) in [6, 6.07) is 0. The van der Waals surface area contributed by atoms with E-state index in [1.807, 2.05) is 0 Å². The average molecular weight is 315 g/mol. The van der Waals surface area contributed by atoms with Crippen LogP contribution >= 0.6 is 0 Å². The minimum Gasteiger partial charge on any atom is -0.396 e. The summed E-state index contributed by atoms with van der Waals surface area (Å²) in [5.74, 6) is 0.401. The van der Waals surface area contributed by atoms with Crippen LogP contribution in [0.3, 0.4) is 0 Å². The second kappa shape index (κ2) is 6.46. The lowest BCUT2D eigenvalue weighted by Crippen LogP contribution is -2.39. The highest BCUT2D eigenvalue weighted by molar-refractivity contribution is 7.89. The van der Waals surface area contributed by atoms with Gasteiger partial charge in [0.2, 0.25) is 10.0 Å². The molecular formula is C14H25N3O3S. The maximum atomic E-state index is 12.9. The molecule has 1 aliphatic heterocycles. The largest absolute Gasteiger partial charge is 0.396 e. The van der Waals surface area contributed by atoms with Gasteiger partial charge >= 0.3 is 0 Å². The molecule has 0 amide bonds. The predicted molar refractivity (Wildman–Crippen MR) is 80.6 cm³/mol. The third kappa shape index (κ3) is 3.30. The summed E-state index contributed by atoms with van der Waals surface area (Å²) in [4.78, 5) is 0.342. The normalized spacial score (nSPS) is 20.9. The smallest absolute Gasteiger partial charge is 0.246 e. The van der Waals surface area contributed by atoms with E-state index in [1.165, 1.54) is 0 Å². The molecule has 0 aromatic carbocycles. The summed E-state index contributed by atoms with van der Waals surface area (Å²) >= 11 is 0. The van der Waals surface area contributed by atoms with Crippen molar-refractivity contribution in [2.75, 3.05) is 19.7 Å². The van der Waals surface area contributed by atoms with Gasteiger partial charge in [0, 0.05) is 26.2 Å². The molecule has 0 bridgehead atoms. The molecule has 2 heterocycles. The van der Waals surface area contributed by atoms with Crippen LogP contribution in [0, 0.1) is 19.8 Å². The van der Waals surface area contributed by atoms with Crippen molar-refractivity contribution in [3.8, 4) is 0 Å². The minimum atomic E-state index is -3.47. The van der Waals surface area contributed by atoms with Gasteiger partial charge in [-0.05, 0) is 39.0 Å². The number of hydrogen-bond acceptors (Lipinski definition) is 4. The lowest BCUT2D eigenvalue weighted by molar-refractivity contribution is 0.276. The molecule has 1 aromatic heterocycles. The first-order chi connectivity index (χ1) is 9.87. The molecule has 0 spiro atoms. The van der Waals surface area contributed by atoms with Crippen molar-refractivity contribution < 1.29 is 13.5 Å². The van der Waals surface area contributed by atoms with Crippen LogP contribution in [0.4, 0.5) is 0 Å². The van der Waals surface area contributed by atoms with Gasteiger partial charge in [0.15, 0.2) is 0 Å². The van der Waals surface area contributed by atoms with Crippen molar-refractivity contribution in [2.45, 2.75) is 51.5 Å². The molecule has 1 unspecified atom stereocenters. The molecule has 6 nitrogen and oxygen atoms in total. The second-order valence-electron chi connectivity index (χ2n) is 5.91. The number of hydrogen-bond donors (Lipinski definition) is 1. The summed E-state index contributed by atoms with van der Waals surface area (Å²) in [5.41, 5.74) is 1.21. The van der Waals surface area contributed by atoms with Crippen LogP contribution < -0.4 is 0 Å². The van der Waals surface area contributed by atoms with Gasteiger partial charge in [0.1, 0.15) is 4.90 Å². The van der Waals surface area contributed by atoms with E-state index in [0.29, 0.717) is 48.3 Å². The zero-order chi connectivity index (χ0) is 15.6. The number of rotatable bonds is 5. The molecule has 21 heavy (non-hydrogen) atoms. The highest BCUT2D eigenvalue weighted by atomic mass is 32.2. The molecule has 120 valence electrons. The Morgan fingerprint density at radius 1 is 1.38 bits per heavy atom. The molecular weight excluding hydrogens is 290 g/mol. The zero-order valence-electron chi connectivity index (χ0n) is 13.0. The predicted octanol–water partition coefficient (Wildman–Crippen LogP) is 1.30. The monoisotopic (exact) mass is 315 g/mol. The topological polar surface area (TPSA) is 75.4 Å². The number of aryl methyl sites for hydroxylation is 2. The lowest BCUT2D eigenvalue weighted by Gasteiger charge is -2.30. The number of aliphatic hydroxyl groups is 1. The van der Waals surface area contributed by atoms with Gasteiger partial charge in [-0.25, -0.2) is 8.42 Å². The Bertz CT molecular complexity index is 595. The van der Waals surface area contributed by atoms with E-state index < -0.39 is 10.0 Å². The van der Waals surface area contributed by atoms with Crippen molar-refractivity contribution in [3.05, 3.63) is 11.4 Å². The van der Waals surface area contributed by atoms with Crippen molar-refractivity contribution in [2.24, 2.45) is 5.92 Å². The maximum absolute atomic E-state index is 12.9. The van der Waals surface area contributed by atoms with Gasteiger partial charge in [-0.1, -0.05) is 6.92 Å². The van der Waals surface area contributed by atoms with Crippen LogP contribution in [0.2, 0.25) is 0 Å². The van der Waals surface area contributed by atoms with Crippen LogP contribution in [-0.4, -0.2) is 47.3 Å². The maximum Gasteiger partial charge on any atom is 0.246 e. The van der Waals surface area contributed by atoms with E-state index in [2.05, 4.69) is 12.0 Å². The number of sulfonamides is 1. The average Bonchev–Trinajstić information content (AvgIpc) is 2.71. The van der Waals surface area contributed by atoms with Gasteiger partial charge in [0.25, 0.3) is 0 Å². The van der Waals surface area contributed by atoms with Crippen molar-refractivity contribution in [1.82, 2.24) is 14.1 Å². The summed E-state index contributed by atoms with van der Waals surface area (Å²) < 4.78 is 29.0. The number of aromatic nitrogens is 2. The summed E-state index contributed by atoms with van der Waals surface area (Å²) in [7, 11) is -3.47. The Morgan fingerprint density at radius 2 is 2.10 bits per heavy atom. The van der Waals surface area contributed by atoms with E-state index >= 15 is 0 Å². The Balaban J connectivity index is 2.33. The van der Waals surface area contributed by atoms with Gasteiger partial charge in [-0.15, -0.1) is 0 Å². The first-order valence-corrected chi connectivity index (χ1v) is 8.97. The molecule has 0 saturated carbocycles. The fourth-order valence-corrected chi connectivity index (χ4v) is 4.96. The Morgan fingerprint density at radius 3 is 2.71 bits per heavy atom. The van der Waals surface area contributed by atoms with Crippen LogP contribution in [-0.2, 0) is 16.6 Å². The number of nitrogens with zero attached hydrogens (tertiary/aromatic N) is 3. The zero-order valence-corrected chi connectivity index (χ0v) is 13.9. The van der Waals surface area contributed by atoms with Crippen molar-refractivity contribution in [3.63, 3.8) is 0 Å². The molecule has 1 atom stereocenters. The van der Waals surface area contributed by atoms with Gasteiger partial charge < -0.3 is 5.11 Å². The first kappa shape index (κ1) is 16.5. The standard InChI is InChI=1S/C14H25N3O3S/c1-11-6-4-7-16(10-11)21(19,20)14-12(2)15-17(13(14)3)8-5-9-18/h11,18H,4-10H2,1-3H3. The molecule has 1 fully saturated rings. The van der Waals surface area contributed by atoms with E-state index in [9.17, 15) is 8.42 Å². The van der Waals surface area contributed by atoms with E-state index in [4.69, 9.17) is 5.11 Å². The van der Waals surface area contributed by atoms with Gasteiger partial charge in [0.05, 0.1) is 11.4 Å². The highest BCUT2D eigenvalue weighted by Gasteiger charge is 2.33. The lowest BCUT2D eigenvalue weighted by atomic mass is 10.0. The van der Waals surface area contributed by atoms with Crippen LogP contribution in [0.25, 0.3) is 0 Å². The first-order valence-electron chi connectivity index (χ1n) is 7.53. The molecule has 1 N–H and O–H groups in total. The fourth-order valence-electron chi connectivity index (χ4n) is 2.99. The summed E-state index contributed by atoms with van der Waals surface area (Å²) in [6.07, 6.45) is 2.57. The minimum absolute atomic E-state index is 0.0735. The number of piperidine rings is 1. The quantitative estimate of drug-likeness (QED) is 0.889. The van der Waals surface area contributed by atoms with Gasteiger partial charge in [-0.2, -0.15) is 9.40 Å². The SMILES string of the molecule is Cc1nn(CCCO)c(C)c1S(=O)(=O)N1CCCC(C)C1. The van der Waals surface area contributed by atoms with Crippen LogP contribution in [0.5, 0.6) is 0 Å². The summed E-state index contributed by atoms with van der Waals surface area (Å²) in [6.45, 7) is 7.40. The molecule has 0 radical (unpaired) electrons. The Hall–Kier alpha value is -0.920. The van der Waals surface area contributed by atoms with E-state index in [1.54, 1.807) is 22.8 Å². The van der Waals surface area contributed by atoms with Gasteiger partial charge in [-0.3, -0.25) is 4.68 Å². The summed E-state index contributed by atoms with van der Waals surface area (Å²) in [5, 5.41) is 13.2. The molecule has 2 rings (SSSR count). The van der Waals surface area contributed by atoms with E-state index in [-0.39, 0.29) is 6.61 Å². The Labute approximate surface area is 126 Å². The molecule has 7 heteroatoms.